The molecule has 0 aromatic rings. The Bertz CT molecular complexity index is 290. The van der Waals surface area contributed by atoms with Crippen molar-refractivity contribution in [2.45, 2.75) is 19.8 Å². The van der Waals surface area contributed by atoms with Crippen molar-refractivity contribution in [2.24, 2.45) is 11.8 Å². The van der Waals surface area contributed by atoms with Crippen LogP contribution in [0.25, 0.3) is 0 Å². The second-order valence-corrected chi connectivity index (χ2v) is 6.61. The van der Waals surface area contributed by atoms with Crippen molar-refractivity contribution in [2.75, 3.05) is 31.4 Å². The van der Waals surface area contributed by atoms with Gasteiger partial charge in [-0.1, -0.05) is 6.92 Å². The van der Waals surface area contributed by atoms with Gasteiger partial charge in [0, 0.05) is 19.0 Å². The summed E-state index contributed by atoms with van der Waals surface area (Å²) in [6, 6.07) is 0. The van der Waals surface area contributed by atoms with Crippen LogP contribution in [0.1, 0.15) is 19.8 Å². The topological polar surface area (TPSA) is 55.4 Å². The van der Waals surface area contributed by atoms with Crippen LogP contribution in [-0.4, -0.2) is 39.8 Å². The molecule has 1 aliphatic rings. The molecule has 1 N–H and O–H groups in total. The highest BCUT2D eigenvalue weighted by atomic mass is 35.5. The lowest BCUT2D eigenvalue weighted by atomic mass is 10.3. The van der Waals surface area contributed by atoms with Crippen molar-refractivity contribution >= 4 is 21.6 Å². The molecule has 0 aromatic carbocycles. The summed E-state index contributed by atoms with van der Waals surface area (Å²) in [6.45, 7) is 3.38. The summed E-state index contributed by atoms with van der Waals surface area (Å²) < 4.78 is 30.8. The largest absolute Gasteiger partial charge is 0.380 e. The van der Waals surface area contributed by atoms with Gasteiger partial charge in [0.2, 0.25) is 10.0 Å². The minimum atomic E-state index is -3.19. The molecule has 1 fully saturated rings. The maximum Gasteiger partial charge on any atom is 0.211 e. The summed E-state index contributed by atoms with van der Waals surface area (Å²) in [5, 5.41) is 0. The van der Waals surface area contributed by atoms with Gasteiger partial charge in [0.1, 0.15) is 0 Å². The lowest BCUT2D eigenvalue weighted by Crippen LogP contribution is -2.32. The number of ether oxygens (including phenoxy) is 1. The van der Waals surface area contributed by atoms with Crippen molar-refractivity contribution in [1.82, 2.24) is 4.72 Å². The third-order valence-electron chi connectivity index (χ3n) is 2.39. The third-order valence-corrected chi connectivity index (χ3v) is 4.56. The third kappa shape index (κ3) is 6.68. The molecular weight excluding hydrogens is 250 g/mol. The van der Waals surface area contributed by atoms with E-state index < -0.39 is 10.0 Å². The van der Waals surface area contributed by atoms with E-state index in [-0.39, 0.29) is 11.7 Å². The number of hydrogen-bond donors (Lipinski definition) is 1. The molecule has 0 amide bonds. The Morgan fingerprint density at radius 2 is 2.19 bits per heavy atom. The fourth-order valence-electron chi connectivity index (χ4n) is 1.28. The van der Waals surface area contributed by atoms with E-state index in [2.05, 4.69) is 4.72 Å². The Hall–Kier alpha value is 0.160. The molecular formula is C10H20ClNO3S. The molecule has 4 nitrogen and oxygen atoms in total. The average molecular weight is 270 g/mol. The summed E-state index contributed by atoms with van der Waals surface area (Å²) in [6.07, 6.45) is 2.50. The summed E-state index contributed by atoms with van der Waals surface area (Å²) in [4.78, 5) is 0. The molecule has 0 bridgehead atoms. The molecule has 1 saturated carbocycles. The van der Waals surface area contributed by atoms with Gasteiger partial charge in [-0.25, -0.2) is 13.1 Å². The van der Waals surface area contributed by atoms with E-state index in [1.807, 2.05) is 6.92 Å². The predicted molar refractivity (Wildman–Crippen MR) is 65.2 cm³/mol. The van der Waals surface area contributed by atoms with Crippen LogP contribution in [0.4, 0.5) is 0 Å². The van der Waals surface area contributed by atoms with Crippen molar-refractivity contribution in [3.05, 3.63) is 0 Å². The predicted octanol–water partition coefficient (Wildman–Crippen LogP) is 1.21. The first-order valence-electron chi connectivity index (χ1n) is 5.64. The minimum Gasteiger partial charge on any atom is -0.380 e. The zero-order chi connectivity index (χ0) is 12.0. The zero-order valence-corrected chi connectivity index (χ0v) is 11.2. The molecule has 0 heterocycles. The number of alkyl halides is 1. The van der Waals surface area contributed by atoms with Crippen LogP contribution in [-0.2, 0) is 14.8 Å². The Labute approximate surface area is 103 Å². The molecule has 0 aliphatic heterocycles. The smallest absolute Gasteiger partial charge is 0.211 e. The highest BCUT2D eigenvalue weighted by Gasteiger charge is 2.21. The summed E-state index contributed by atoms with van der Waals surface area (Å²) in [5.41, 5.74) is 0. The quantitative estimate of drug-likeness (QED) is 0.506. The normalized spacial score (nSPS) is 18.6. The Morgan fingerprint density at radius 3 is 2.75 bits per heavy atom. The summed E-state index contributed by atoms with van der Waals surface area (Å²) in [5.74, 6) is 1.14. The number of nitrogens with one attached hydrogen (secondary N) is 1. The molecule has 0 aromatic heterocycles. The first-order chi connectivity index (χ1) is 7.53. The van der Waals surface area contributed by atoms with Crippen LogP contribution < -0.4 is 4.72 Å². The Morgan fingerprint density at radius 1 is 1.50 bits per heavy atom. The Kier molecular flexibility index (Phi) is 6.03. The van der Waals surface area contributed by atoms with Crippen LogP contribution >= 0.6 is 11.6 Å². The highest BCUT2D eigenvalue weighted by Crippen LogP contribution is 2.28. The second kappa shape index (κ2) is 6.79. The van der Waals surface area contributed by atoms with E-state index in [0.717, 1.165) is 6.61 Å². The number of hydrogen-bond acceptors (Lipinski definition) is 3. The minimum absolute atomic E-state index is 0.0217. The Balaban J connectivity index is 2.04. The maximum atomic E-state index is 11.5. The molecule has 96 valence electrons. The van der Waals surface area contributed by atoms with Gasteiger partial charge in [-0.05, 0) is 24.7 Å². The SMILES string of the molecule is CC(CCl)CS(=O)(=O)NCCOCC1CC1. The van der Waals surface area contributed by atoms with E-state index >= 15 is 0 Å². The summed E-state index contributed by atoms with van der Waals surface area (Å²) >= 11 is 5.57. The molecule has 0 radical (unpaired) electrons. The standard InChI is InChI=1S/C10H20ClNO3S/c1-9(6-11)8-16(13,14)12-4-5-15-7-10-2-3-10/h9-10,12H,2-8H2,1H3. The van der Waals surface area contributed by atoms with Gasteiger partial charge in [-0.3, -0.25) is 0 Å². The van der Waals surface area contributed by atoms with Crippen LogP contribution in [0.3, 0.4) is 0 Å². The number of halogens is 1. The maximum absolute atomic E-state index is 11.5. The van der Waals surface area contributed by atoms with Gasteiger partial charge in [0.15, 0.2) is 0 Å². The lowest BCUT2D eigenvalue weighted by molar-refractivity contribution is 0.129. The molecule has 1 aliphatic carbocycles. The molecule has 1 rings (SSSR count). The first kappa shape index (κ1) is 14.2. The van der Waals surface area contributed by atoms with E-state index in [0.29, 0.717) is 24.9 Å². The fraction of sp³-hybridized carbons (Fsp3) is 1.00. The van der Waals surface area contributed by atoms with Crippen molar-refractivity contribution in [3.8, 4) is 0 Å². The second-order valence-electron chi connectivity index (χ2n) is 4.45. The van der Waals surface area contributed by atoms with Gasteiger partial charge < -0.3 is 4.74 Å². The van der Waals surface area contributed by atoms with Crippen molar-refractivity contribution in [3.63, 3.8) is 0 Å². The average Bonchev–Trinajstić information content (AvgIpc) is 3.00. The van der Waals surface area contributed by atoms with E-state index in [1.54, 1.807) is 0 Å². The summed E-state index contributed by atoms with van der Waals surface area (Å²) in [7, 11) is -3.19. The van der Waals surface area contributed by atoms with Crippen LogP contribution in [0.5, 0.6) is 0 Å². The van der Waals surface area contributed by atoms with Crippen LogP contribution in [0, 0.1) is 11.8 Å². The van der Waals surface area contributed by atoms with E-state index in [1.165, 1.54) is 12.8 Å². The van der Waals surface area contributed by atoms with Gasteiger partial charge >= 0.3 is 0 Å². The molecule has 1 atom stereocenters. The molecule has 1 unspecified atom stereocenters. The van der Waals surface area contributed by atoms with E-state index in [9.17, 15) is 8.42 Å². The molecule has 0 saturated heterocycles. The van der Waals surface area contributed by atoms with Gasteiger partial charge in [-0.2, -0.15) is 0 Å². The van der Waals surface area contributed by atoms with Gasteiger partial charge in [-0.15, -0.1) is 11.6 Å². The van der Waals surface area contributed by atoms with Crippen molar-refractivity contribution < 1.29 is 13.2 Å². The highest BCUT2D eigenvalue weighted by molar-refractivity contribution is 7.89. The van der Waals surface area contributed by atoms with Gasteiger partial charge in [0.05, 0.1) is 12.4 Å². The molecule has 6 heteroatoms. The monoisotopic (exact) mass is 269 g/mol. The van der Waals surface area contributed by atoms with Crippen LogP contribution in [0.15, 0.2) is 0 Å². The zero-order valence-electron chi connectivity index (χ0n) is 9.62. The van der Waals surface area contributed by atoms with Gasteiger partial charge in [0.25, 0.3) is 0 Å². The van der Waals surface area contributed by atoms with Crippen molar-refractivity contribution in [1.29, 1.82) is 0 Å². The van der Waals surface area contributed by atoms with E-state index in [4.69, 9.17) is 16.3 Å². The fourth-order valence-corrected chi connectivity index (χ4v) is 2.90. The number of sulfonamides is 1. The lowest BCUT2D eigenvalue weighted by Gasteiger charge is -2.10. The molecule has 16 heavy (non-hydrogen) atoms. The van der Waals surface area contributed by atoms with Crippen LogP contribution in [0.2, 0.25) is 0 Å². The number of rotatable bonds is 9. The molecule has 0 spiro atoms. The first-order valence-corrected chi connectivity index (χ1v) is 7.83.